The Kier molecular flexibility index (Phi) is 6.40. The van der Waals surface area contributed by atoms with Crippen LogP contribution in [0.15, 0.2) is 41.3 Å². The largest absolute Gasteiger partial charge is 0.339 e. The highest BCUT2D eigenvalue weighted by atomic mass is 16.2. The molecule has 1 aliphatic heterocycles. The van der Waals surface area contributed by atoms with Gasteiger partial charge in [0.15, 0.2) is 0 Å². The fraction of sp³-hybridized carbons (Fsp3) is 0.476. The summed E-state index contributed by atoms with van der Waals surface area (Å²) in [6.07, 6.45) is 4.39. The van der Waals surface area contributed by atoms with Crippen molar-refractivity contribution in [3.63, 3.8) is 0 Å². The van der Waals surface area contributed by atoms with Gasteiger partial charge in [0.1, 0.15) is 5.82 Å². The highest BCUT2D eigenvalue weighted by Gasteiger charge is 2.27. The summed E-state index contributed by atoms with van der Waals surface area (Å²) < 4.78 is 0. The summed E-state index contributed by atoms with van der Waals surface area (Å²) in [7, 11) is 2.11. The minimum absolute atomic E-state index is 0.0108. The smallest absolute Gasteiger partial charge is 0.254 e. The average molecular weight is 368 g/mol. The van der Waals surface area contributed by atoms with Gasteiger partial charge in [0.2, 0.25) is 5.91 Å². The quantitative estimate of drug-likeness (QED) is 0.844. The summed E-state index contributed by atoms with van der Waals surface area (Å²) in [4.78, 5) is 36.3. The molecule has 1 N–H and O–H groups in total. The molecular formula is C21H28N4O2. The molecule has 1 saturated heterocycles. The Morgan fingerprint density at radius 3 is 2.63 bits per heavy atom. The monoisotopic (exact) mass is 368 g/mol. The van der Waals surface area contributed by atoms with Crippen LogP contribution in [0, 0.1) is 6.92 Å². The molecule has 1 fully saturated rings. The Morgan fingerprint density at radius 1 is 1.26 bits per heavy atom. The second kappa shape index (κ2) is 8.95. The van der Waals surface area contributed by atoms with Crippen molar-refractivity contribution in [2.45, 2.75) is 38.6 Å². The van der Waals surface area contributed by atoms with Crippen molar-refractivity contribution in [1.82, 2.24) is 19.8 Å². The molecule has 0 aliphatic carbocycles. The number of hydrogen-bond acceptors (Lipinski definition) is 4. The molecule has 3 rings (SSSR count). The first kappa shape index (κ1) is 19.3. The van der Waals surface area contributed by atoms with E-state index in [0.29, 0.717) is 17.9 Å². The van der Waals surface area contributed by atoms with Crippen LogP contribution in [0.4, 0.5) is 0 Å². The van der Waals surface area contributed by atoms with E-state index in [9.17, 15) is 9.59 Å². The van der Waals surface area contributed by atoms with Gasteiger partial charge in [0.05, 0.1) is 6.42 Å². The third kappa shape index (κ3) is 5.26. The van der Waals surface area contributed by atoms with Crippen molar-refractivity contribution in [2.24, 2.45) is 0 Å². The van der Waals surface area contributed by atoms with Gasteiger partial charge < -0.3 is 14.8 Å². The van der Waals surface area contributed by atoms with E-state index in [-0.39, 0.29) is 23.9 Å². The van der Waals surface area contributed by atoms with Crippen molar-refractivity contribution < 1.29 is 4.79 Å². The van der Waals surface area contributed by atoms with E-state index in [4.69, 9.17) is 0 Å². The Hall–Kier alpha value is -2.47. The van der Waals surface area contributed by atoms with Crippen LogP contribution in [0.2, 0.25) is 0 Å². The van der Waals surface area contributed by atoms with Gasteiger partial charge in [0, 0.05) is 24.3 Å². The van der Waals surface area contributed by atoms with E-state index < -0.39 is 0 Å². The number of aromatic nitrogens is 2. The summed E-state index contributed by atoms with van der Waals surface area (Å²) in [5.74, 6) is 0.573. The first-order valence-electron chi connectivity index (χ1n) is 9.59. The van der Waals surface area contributed by atoms with E-state index in [0.717, 1.165) is 32.4 Å². The number of hydrogen-bond donors (Lipinski definition) is 1. The number of amides is 1. The van der Waals surface area contributed by atoms with Crippen molar-refractivity contribution in [3.05, 3.63) is 63.8 Å². The Labute approximate surface area is 160 Å². The summed E-state index contributed by atoms with van der Waals surface area (Å²) >= 11 is 0. The molecule has 27 heavy (non-hydrogen) atoms. The minimum Gasteiger partial charge on any atom is -0.339 e. The number of nitrogens with zero attached hydrogens (tertiary/aromatic N) is 3. The number of piperidine rings is 1. The molecule has 1 aromatic heterocycles. The van der Waals surface area contributed by atoms with Gasteiger partial charge in [0.25, 0.3) is 5.56 Å². The van der Waals surface area contributed by atoms with E-state index in [1.807, 2.05) is 23.1 Å². The van der Waals surface area contributed by atoms with Crippen LogP contribution in [0.25, 0.3) is 0 Å². The molecule has 144 valence electrons. The molecule has 2 aromatic rings. The lowest BCUT2D eigenvalue weighted by Gasteiger charge is -2.37. The second-order valence-electron chi connectivity index (χ2n) is 7.36. The predicted octanol–water partition coefficient (Wildman–Crippen LogP) is 1.79. The molecule has 0 atom stereocenters. The highest BCUT2D eigenvalue weighted by molar-refractivity contribution is 5.79. The number of H-pyrrole nitrogens is 1. The highest BCUT2D eigenvalue weighted by Crippen LogP contribution is 2.17. The Bertz CT molecular complexity index is 810. The minimum atomic E-state index is -0.220. The molecule has 0 radical (unpaired) electrons. The maximum Gasteiger partial charge on any atom is 0.254 e. The molecule has 0 saturated carbocycles. The van der Waals surface area contributed by atoms with Gasteiger partial charge >= 0.3 is 0 Å². The van der Waals surface area contributed by atoms with Gasteiger partial charge in [-0.2, -0.15) is 0 Å². The van der Waals surface area contributed by atoms with Crippen LogP contribution < -0.4 is 5.56 Å². The lowest BCUT2D eigenvalue weighted by atomic mass is 10.0. The lowest BCUT2D eigenvalue weighted by Crippen LogP contribution is -2.48. The zero-order valence-electron chi connectivity index (χ0n) is 16.1. The standard InChI is InChI=1S/C21H28N4O2/c1-16-22-15-18(21(27)23-16)14-20(26)25(19-9-11-24(2)12-10-19)13-8-17-6-4-3-5-7-17/h3-7,15,19H,8-14H2,1-2H3,(H,22,23,27). The molecule has 1 aliphatic rings. The van der Waals surface area contributed by atoms with Crippen LogP contribution in [0.3, 0.4) is 0 Å². The second-order valence-corrected chi connectivity index (χ2v) is 7.36. The summed E-state index contributed by atoms with van der Waals surface area (Å²) in [5, 5.41) is 0. The first-order chi connectivity index (χ1) is 13.0. The number of rotatable bonds is 6. The Balaban J connectivity index is 1.73. The zero-order valence-corrected chi connectivity index (χ0v) is 16.1. The maximum atomic E-state index is 13.1. The van der Waals surface area contributed by atoms with Crippen molar-refractivity contribution in [2.75, 3.05) is 26.7 Å². The number of aryl methyl sites for hydroxylation is 1. The van der Waals surface area contributed by atoms with Crippen LogP contribution in [0.5, 0.6) is 0 Å². The molecule has 6 nitrogen and oxygen atoms in total. The number of nitrogens with one attached hydrogen (secondary N) is 1. The number of carbonyl (C=O) groups excluding carboxylic acids is 1. The molecule has 2 heterocycles. The number of benzene rings is 1. The van der Waals surface area contributed by atoms with Gasteiger partial charge in [-0.05, 0) is 51.9 Å². The zero-order chi connectivity index (χ0) is 19.2. The van der Waals surface area contributed by atoms with Crippen LogP contribution in [0.1, 0.15) is 29.8 Å². The first-order valence-corrected chi connectivity index (χ1v) is 9.59. The summed E-state index contributed by atoms with van der Waals surface area (Å²) in [6, 6.07) is 10.5. The Morgan fingerprint density at radius 2 is 1.96 bits per heavy atom. The third-order valence-corrected chi connectivity index (χ3v) is 5.28. The topological polar surface area (TPSA) is 69.3 Å². The summed E-state index contributed by atoms with van der Waals surface area (Å²) in [5.41, 5.74) is 1.43. The van der Waals surface area contributed by atoms with Gasteiger partial charge in [-0.3, -0.25) is 9.59 Å². The van der Waals surface area contributed by atoms with Crippen LogP contribution >= 0.6 is 0 Å². The van der Waals surface area contributed by atoms with Gasteiger partial charge in [-0.25, -0.2) is 4.98 Å². The van der Waals surface area contributed by atoms with Crippen molar-refractivity contribution in [1.29, 1.82) is 0 Å². The molecule has 0 bridgehead atoms. The average Bonchev–Trinajstić information content (AvgIpc) is 2.66. The number of aromatic amines is 1. The van der Waals surface area contributed by atoms with Gasteiger partial charge in [-0.15, -0.1) is 0 Å². The lowest BCUT2D eigenvalue weighted by molar-refractivity contribution is -0.133. The van der Waals surface area contributed by atoms with Gasteiger partial charge in [-0.1, -0.05) is 30.3 Å². The number of carbonyl (C=O) groups is 1. The summed E-state index contributed by atoms with van der Waals surface area (Å²) in [6.45, 7) is 4.39. The van der Waals surface area contributed by atoms with Crippen molar-refractivity contribution in [3.8, 4) is 0 Å². The molecule has 1 amide bonds. The molecule has 0 spiro atoms. The van der Waals surface area contributed by atoms with Crippen molar-refractivity contribution >= 4 is 5.91 Å². The predicted molar refractivity (Wildman–Crippen MR) is 106 cm³/mol. The fourth-order valence-corrected chi connectivity index (χ4v) is 3.61. The fourth-order valence-electron chi connectivity index (χ4n) is 3.61. The molecule has 0 unspecified atom stereocenters. The number of likely N-dealkylation sites (tertiary alicyclic amines) is 1. The van der Waals surface area contributed by atoms with E-state index >= 15 is 0 Å². The van der Waals surface area contributed by atoms with E-state index in [2.05, 4.69) is 34.0 Å². The maximum absolute atomic E-state index is 13.1. The SMILES string of the molecule is Cc1ncc(CC(=O)N(CCc2ccccc2)C2CCN(C)CC2)c(=O)[nH]1. The molecule has 1 aromatic carbocycles. The van der Waals surface area contributed by atoms with Crippen LogP contribution in [-0.2, 0) is 17.6 Å². The van der Waals surface area contributed by atoms with E-state index in [1.54, 1.807) is 6.92 Å². The van der Waals surface area contributed by atoms with Crippen LogP contribution in [-0.4, -0.2) is 58.4 Å². The third-order valence-electron chi connectivity index (χ3n) is 5.28. The normalized spacial score (nSPS) is 15.6. The molecular weight excluding hydrogens is 340 g/mol. The molecule has 6 heteroatoms. The van der Waals surface area contributed by atoms with E-state index in [1.165, 1.54) is 11.8 Å².